The Kier molecular flexibility index (Phi) is 5.65. The van der Waals surface area contributed by atoms with Gasteiger partial charge in [-0.1, -0.05) is 38.1 Å². The van der Waals surface area contributed by atoms with Gasteiger partial charge in [-0.15, -0.1) is 0 Å². The number of guanidine groups is 1. The second-order valence-corrected chi connectivity index (χ2v) is 9.10. The van der Waals surface area contributed by atoms with Crippen molar-refractivity contribution in [1.82, 2.24) is 15.1 Å². The summed E-state index contributed by atoms with van der Waals surface area (Å²) in [5, 5.41) is 19.3. The van der Waals surface area contributed by atoms with Crippen molar-refractivity contribution >= 4 is 28.4 Å². The first-order chi connectivity index (χ1) is 15.2. The van der Waals surface area contributed by atoms with Gasteiger partial charge in [0.1, 0.15) is 12.1 Å². The number of benzene rings is 2. The van der Waals surface area contributed by atoms with E-state index in [1.807, 2.05) is 24.3 Å². The number of fused-ring (bicyclic) bond motifs is 1. The van der Waals surface area contributed by atoms with Gasteiger partial charge in [0.05, 0.1) is 11.2 Å². The fraction of sp³-hybridized carbons (Fsp3) is 0.280. The topological polar surface area (TPSA) is 99.7 Å². The fourth-order valence-corrected chi connectivity index (χ4v) is 3.45. The van der Waals surface area contributed by atoms with E-state index in [0.717, 1.165) is 33.6 Å². The van der Waals surface area contributed by atoms with Crippen LogP contribution in [0.25, 0.3) is 10.9 Å². The molecule has 0 spiro atoms. The van der Waals surface area contributed by atoms with E-state index < -0.39 is 0 Å². The molecule has 4 rings (SSSR count). The van der Waals surface area contributed by atoms with Gasteiger partial charge >= 0.3 is 0 Å². The number of nitrogens with one attached hydrogen (secondary N) is 3. The highest BCUT2D eigenvalue weighted by Crippen LogP contribution is 2.25. The monoisotopic (exact) mass is 428 g/mol. The Morgan fingerprint density at radius 2 is 1.78 bits per heavy atom. The second-order valence-electron chi connectivity index (χ2n) is 9.10. The maximum atomic E-state index is 8.25. The Balaban J connectivity index is 1.48. The molecular formula is C25H28N6O. The van der Waals surface area contributed by atoms with Gasteiger partial charge in [0.2, 0.25) is 0 Å². The van der Waals surface area contributed by atoms with Crippen molar-refractivity contribution < 1.29 is 4.52 Å². The molecule has 2 aromatic heterocycles. The van der Waals surface area contributed by atoms with Crippen LogP contribution in [0.5, 0.6) is 0 Å². The van der Waals surface area contributed by atoms with Crippen LogP contribution >= 0.6 is 0 Å². The van der Waals surface area contributed by atoms with Crippen molar-refractivity contribution in [3.8, 4) is 0 Å². The van der Waals surface area contributed by atoms with Gasteiger partial charge in [-0.25, -0.2) is 9.97 Å². The molecule has 0 atom stereocenters. The summed E-state index contributed by atoms with van der Waals surface area (Å²) in [6, 6.07) is 14.1. The Bertz CT molecular complexity index is 1290. The van der Waals surface area contributed by atoms with E-state index in [9.17, 15) is 0 Å². The minimum absolute atomic E-state index is 0.120. The first kappa shape index (κ1) is 21.5. The van der Waals surface area contributed by atoms with Crippen LogP contribution in [0.15, 0.2) is 53.3 Å². The highest BCUT2D eigenvalue weighted by atomic mass is 16.5. The van der Waals surface area contributed by atoms with E-state index in [2.05, 4.69) is 78.6 Å². The van der Waals surface area contributed by atoms with Crippen LogP contribution in [0.4, 0.5) is 11.5 Å². The molecule has 0 amide bonds. The lowest BCUT2D eigenvalue weighted by atomic mass is 9.93. The summed E-state index contributed by atoms with van der Waals surface area (Å²) in [5.41, 5.74) is 6.16. The molecule has 0 fully saturated rings. The first-order valence-corrected chi connectivity index (χ1v) is 10.6. The molecule has 0 bridgehead atoms. The fourth-order valence-electron chi connectivity index (χ4n) is 3.45. The second kappa shape index (κ2) is 8.42. The van der Waals surface area contributed by atoms with Crippen LogP contribution in [0.3, 0.4) is 0 Å². The first-order valence-electron chi connectivity index (χ1n) is 10.6. The summed E-state index contributed by atoms with van der Waals surface area (Å²) in [5.74, 6) is 1.38. The molecule has 164 valence electrons. The summed E-state index contributed by atoms with van der Waals surface area (Å²) >= 11 is 0. The molecule has 0 aliphatic heterocycles. The van der Waals surface area contributed by atoms with Crippen LogP contribution < -0.4 is 10.6 Å². The van der Waals surface area contributed by atoms with E-state index in [0.29, 0.717) is 12.2 Å². The molecule has 0 aliphatic rings. The van der Waals surface area contributed by atoms with Crippen LogP contribution in [-0.2, 0) is 11.8 Å². The SMILES string of the molecule is Cc1cc2ncnc(Cc3cccc(NC(=N)Nc4cc(C(C)(C)C)on4)c3)c2cc1C. The van der Waals surface area contributed by atoms with Gasteiger partial charge in [0.25, 0.3) is 0 Å². The molecule has 0 saturated heterocycles. The Hall–Kier alpha value is -3.74. The van der Waals surface area contributed by atoms with Crippen molar-refractivity contribution in [1.29, 1.82) is 5.41 Å². The van der Waals surface area contributed by atoms with Gasteiger partial charge in [0, 0.05) is 29.0 Å². The number of rotatable bonds is 4. The van der Waals surface area contributed by atoms with Crippen molar-refractivity contribution in [3.63, 3.8) is 0 Å². The maximum Gasteiger partial charge on any atom is 0.198 e. The quantitative estimate of drug-likeness (QED) is 0.290. The third-order valence-electron chi connectivity index (χ3n) is 5.40. The number of nitrogens with zero attached hydrogens (tertiary/aromatic N) is 3. The zero-order valence-electron chi connectivity index (χ0n) is 19.1. The molecule has 2 heterocycles. The van der Waals surface area contributed by atoms with Gasteiger partial charge in [0.15, 0.2) is 11.8 Å². The van der Waals surface area contributed by atoms with E-state index >= 15 is 0 Å². The van der Waals surface area contributed by atoms with Crippen LogP contribution in [0, 0.1) is 19.3 Å². The minimum atomic E-state index is -0.140. The lowest BCUT2D eigenvalue weighted by Crippen LogP contribution is -2.20. The molecule has 2 aromatic carbocycles. The highest BCUT2D eigenvalue weighted by molar-refractivity contribution is 6.00. The molecule has 0 saturated carbocycles. The number of hydrogen-bond acceptors (Lipinski definition) is 5. The van der Waals surface area contributed by atoms with Crippen molar-refractivity contribution in [2.75, 3.05) is 10.6 Å². The largest absolute Gasteiger partial charge is 0.359 e. The number of aromatic nitrogens is 3. The lowest BCUT2D eigenvalue weighted by molar-refractivity contribution is 0.331. The molecule has 0 unspecified atom stereocenters. The predicted octanol–water partition coefficient (Wildman–Crippen LogP) is 5.58. The average Bonchev–Trinajstić information content (AvgIpc) is 3.18. The molecule has 3 N–H and O–H groups in total. The van der Waals surface area contributed by atoms with Crippen LogP contribution in [-0.4, -0.2) is 21.1 Å². The number of aryl methyl sites for hydroxylation is 2. The molecule has 32 heavy (non-hydrogen) atoms. The Labute approximate surface area is 187 Å². The molecule has 4 aromatic rings. The van der Waals surface area contributed by atoms with Crippen LogP contribution in [0.2, 0.25) is 0 Å². The zero-order chi connectivity index (χ0) is 22.9. The standard InChI is InChI=1S/C25H28N6O/c1-15-9-19-20(10-16(15)2)27-14-28-21(19)12-17-7-6-8-18(11-17)29-24(26)30-23-13-22(32-31-23)25(3,4)5/h6-11,13-14H,12H2,1-5H3,(H3,26,29,30,31). The van der Waals surface area contributed by atoms with E-state index in [1.54, 1.807) is 6.33 Å². The van der Waals surface area contributed by atoms with Crippen molar-refractivity contribution in [2.45, 2.75) is 46.5 Å². The third-order valence-corrected chi connectivity index (χ3v) is 5.40. The normalized spacial score (nSPS) is 11.5. The molecule has 0 radical (unpaired) electrons. The van der Waals surface area contributed by atoms with Crippen molar-refractivity contribution in [3.05, 3.63) is 76.9 Å². The lowest BCUT2D eigenvalue weighted by Gasteiger charge is -2.12. The Morgan fingerprint density at radius 3 is 2.53 bits per heavy atom. The van der Waals surface area contributed by atoms with Gasteiger partial charge in [-0.05, 0) is 54.8 Å². The number of hydrogen-bond donors (Lipinski definition) is 3. The maximum absolute atomic E-state index is 8.25. The predicted molar refractivity (Wildman–Crippen MR) is 128 cm³/mol. The van der Waals surface area contributed by atoms with Gasteiger partial charge in [-0.2, -0.15) is 0 Å². The van der Waals surface area contributed by atoms with E-state index in [-0.39, 0.29) is 11.4 Å². The van der Waals surface area contributed by atoms with Gasteiger partial charge < -0.3 is 15.2 Å². The Morgan fingerprint density at radius 1 is 1.00 bits per heavy atom. The number of anilines is 2. The molecule has 7 nitrogen and oxygen atoms in total. The van der Waals surface area contributed by atoms with E-state index in [1.165, 1.54) is 11.1 Å². The summed E-state index contributed by atoms with van der Waals surface area (Å²) in [4.78, 5) is 8.96. The van der Waals surface area contributed by atoms with Crippen molar-refractivity contribution in [2.24, 2.45) is 0 Å². The van der Waals surface area contributed by atoms with Gasteiger partial charge in [-0.3, -0.25) is 5.41 Å². The molecule has 7 heteroatoms. The summed E-state index contributed by atoms with van der Waals surface area (Å²) in [6.07, 6.45) is 2.30. The molecule has 0 aliphatic carbocycles. The van der Waals surface area contributed by atoms with E-state index in [4.69, 9.17) is 9.93 Å². The molecular weight excluding hydrogens is 400 g/mol. The summed E-state index contributed by atoms with van der Waals surface area (Å²) in [7, 11) is 0. The summed E-state index contributed by atoms with van der Waals surface area (Å²) < 4.78 is 5.37. The average molecular weight is 429 g/mol. The smallest absolute Gasteiger partial charge is 0.198 e. The summed E-state index contributed by atoms with van der Waals surface area (Å²) in [6.45, 7) is 10.4. The third kappa shape index (κ3) is 4.77. The van der Waals surface area contributed by atoms with Crippen LogP contribution in [0.1, 0.15) is 48.9 Å². The highest BCUT2D eigenvalue weighted by Gasteiger charge is 2.20. The zero-order valence-corrected chi connectivity index (χ0v) is 19.1. The minimum Gasteiger partial charge on any atom is -0.359 e.